The van der Waals surface area contributed by atoms with Gasteiger partial charge in [-0.1, -0.05) is 6.92 Å². The molecule has 1 aromatic heterocycles. The third kappa shape index (κ3) is 3.20. The van der Waals surface area contributed by atoms with Crippen LogP contribution in [0.25, 0.3) is 0 Å². The van der Waals surface area contributed by atoms with E-state index in [0.29, 0.717) is 29.4 Å². The van der Waals surface area contributed by atoms with E-state index in [-0.39, 0.29) is 11.7 Å². The fourth-order valence-corrected chi connectivity index (χ4v) is 3.68. The molecule has 1 aromatic rings. The summed E-state index contributed by atoms with van der Waals surface area (Å²) in [5.74, 6) is 1.81. The SMILES string of the molecule is CCNCC1CCN(C(=O)c2oc3c(c2C)C(=O)CCC3)CC1. The first-order valence-electron chi connectivity index (χ1n) is 8.77. The minimum atomic E-state index is -0.0494. The van der Waals surface area contributed by atoms with Gasteiger partial charge in [0.15, 0.2) is 11.5 Å². The highest BCUT2D eigenvalue weighted by atomic mass is 16.4. The van der Waals surface area contributed by atoms with Crippen molar-refractivity contribution in [3.8, 4) is 0 Å². The van der Waals surface area contributed by atoms with Crippen LogP contribution < -0.4 is 5.32 Å². The van der Waals surface area contributed by atoms with E-state index in [0.717, 1.165) is 57.4 Å². The zero-order chi connectivity index (χ0) is 16.4. The summed E-state index contributed by atoms with van der Waals surface area (Å²) in [5.41, 5.74) is 1.41. The molecule has 2 heterocycles. The number of amides is 1. The van der Waals surface area contributed by atoms with Crippen molar-refractivity contribution in [2.75, 3.05) is 26.2 Å². The van der Waals surface area contributed by atoms with E-state index in [4.69, 9.17) is 4.42 Å². The summed E-state index contributed by atoms with van der Waals surface area (Å²) in [7, 11) is 0. The van der Waals surface area contributed by atoms with Gasteiger partial charge in [0.2, 0.25) is 0 Å². The molecule has 1 saturated heterocycles. The van der Waals surface area contributed by atoms with Crippen molar-refractivity contribution in [3.63, 3.8) is 0 Å². The van der Waals surface area contributed by atoms with Crippen LogP contribution in [0, 0.1) is 12.8 Å². The fourth-order valence-electron chi connectivity index (χ4n) is 3.68. The number of nitrogens with one attached hydrogen (secondary N) is 1. The Morgan fingerprint density at radius 3 is 2.70 bits per heavy atom. The summed E-state index contributed by atoms with van der Waals surface area (Å²) in [4.78, 5) is 26.7. The number of likely N-dealkylation sites (tertiary alicyclic amines) is 1. The molecule has 0 unspecified atom stereocenters. The number of hydrogen-bond acceptors (Lipinski definition) is 4. The molecule has 0 aromatic carbocycles. The quantitative estimate of drug-likeness (QED) is 0.927. The lowest BCUT2D eigenvalue weighted by molar-refractivity contribution is 0.0655. The predicted molar refractivity (Wildman–Crippen MR) is 87.9 cm³/mol. The zero-order valence-corrected chi connectivity index (χ0v) is 14.1. The van der Waals surface area contributed by atoms with Gasteiger partial charge in [-0.2, -0.15) is 0 Å². The summed E-state index contributed by atoms with van der Waals surface area (Å²) in [6, 6.07) is 0. The minimum Gasteiger partial charge on any atom is -0.455 e. The number of hydrogen-bond donors (Lipinski definition) is 1. The first-order chi connectivity index (χ1) is 11.1. The molecule has 1 amide bonds. The van der Waals surface area contributed by atoms with Gasteiger partial charge in [0.25, 0.3) is 5.91 Å². The Morgan fingerprint density at radius 1 is 1.30 bits per heavy atom. The van der Waals surface area contributed by atoms with Crippen LogP contribution in [0.1, 0.15) is 64.8 Å². The Balaban J connectivity index is 1.69. The summed E-state index contributed by atoms with van der Waals surface area (Å²) < 4.78 is 5.79. The van der Waals surface area contributed by atoms with E-state index in [1.165, 1.54) is 0 Å². The van der Waals surface area contributed by atoms with Crippen molar-refractivity contribution < 1.29 is 14.0 Å². The number of piperidine rings is 1. The normalized spacial score (nSPS) is 19.0. The highest BCUT2D eigenvalue weighted by molar-refractivity contribution is 6.03. The maximum atomic E-state index is 12.8. The molecule has 0 saturated carbocycles. The molecule has 1 aliphatic heterocycles. The van der Waals surface area contributed by atoms with Gasteiger partial charge in [-0.15, -0.1) is 0 Å². The monoisotopic (exact) mass is 318 g/mol. The number of furan rings is 1. The van der Waals surface area contributed by atoms with Crippen molar-refractivity contribution in [2.24, 2.45) is 5.92 Å². The summed E-state index contributed by atoms with van der Waals surface area (Å²) in [6.45, 7) is 7.52. The zero-order valence-electron chi connectivity index (χ0n) is 14.1. The maximum absolute atomic E-state index is 12.8. The highest BCUT2D eigenvalue weighted by Gasteiger charge is 2.32. The Labute approximate surface area is 137 Å². The van der Waals surface area contributed by atoms with Crippen LogP contribution in [0.4, 0.5) is 0 Å². The van der Waals surface area contributed by atoms with Gasteiger partial charge in [-0.05, 0) is 45.2 Å². The minimum absolute atomic E-state index is 0.0494. The number of ketones is 1. The number of Topliss-reactive ketones (excluding diaryl/α,β-unsaturated/α-hetero) is 1. The van der Waals surface area contributed by atoms with Gasteiger partial charge in [0.05, 0.1) is 5.56 Å². The molecular weight excluding hydrogens is 292 g/mol. The molecule has 2 aliphatic rings. The van der Waals surface area contributed by atoms with Gasteiger partial charge >= 0.3 is 0 Å². The molecule has 3 rings (SSSR count). The average Bonchev–Trinajstić information content (AvgIpc) is 2.91. The second kappa shape index (κ2) is 6.87. The molecule has 23 heavy (non-hydrogen) atoms. The van der Waals surface area contributed by atoms with Gasteiger partial charge in [0, 0.05) is 31.5 Å². The summed E-state index contributed by atoms with van der Waals surface area (Å²) in [6.07, 6.45) is 4.20. The van der Waals surface area contributed by atoms with Crippen molar-refractivity contribution in [1.82, 2.24) is 10.2 Å². The van der Waals surface area contributed by atoms with E-state index in [1.54, 1.807) is 0 Å². The first-order valence-corrected chi connectivity index (χ1v) is 8.77. The van der Waals surface area contributed by atoms with E-state index in [1.807, 2.05) is 11.8 Å². The smallest absolute Gasteiger partial charge is 0.289 e. The highest BCUT2D eigenvalue weighted by Crippen LogP contribution is 2.30. The Morgan fingerprint density at radius 2 is 2.04 bits per heavy atom. The van der Waals surface area contributed by atoms with Crippen LogP contribution in [0.2, 0.25) is 0 Å². The number of fused-ring (bicyclic) bond motifs is 1. The van der Waals surface area contributed by atoms with E-state index in [9.17, 15) is 9.59 Å². The molecule has 1 aliphatic carbocycles. The number of rotatable bonds is 4. The molecule has 5 heteroatoms. The van der Waals surface area contributed by atoms with E-state index < -0.39 is 0 Å². The Hall–Kier alpha value is -1.62. The van der Waals surface area contributed by atoms with Crippen LogP contribution in [0.5, 0.6) is 0 Å². The van der Waals surface area contributed by atoms with Crippen LogP contribution >= 0.6 is 0 Å². The van der Waals surface area contributed by atoms with Crippen molar-refractivity contribution in [1.29, 1.82) is 0 Å². The lowest BCUT2D eigenvalue weighted by Gasteiger charge is -2.31. The van der Waals surface area contributed by atoms with E-state index >= 15 is 0 Å². The predicted octanol–water partition coefficient (Wildman–Crippen LogP) is 2.57. The van der Waals surface area contributed by atoms with E-state index in [2.05, 4.69) is 12.2 Å². The summed E-state index contributed by atoms with van der Waals surface area (Å²) >= 11 is 0. The second-order valence-corrected chi connectivity index (χ2v) is 6.67. The first kappa shape index (κ1) is 16.2. The number of carbonyl (C=O) groups excluding carboxylic acids is 2. The van der Waals surface area contributed by atoms with Gasteiger partial charge < -0.3 is 14.6 Å². The molecular formula is C18H26N2O3. The lowest BCUT2D eigenvalue weighted by Crippen LogP contribution is -2.40. The fraction of sp³-hybridized carbons (Fsp3) is 0.667. The van der Waals surface area contributed by atoms with Gasteiger partial charge in [0.1, 0.15) is 5.76 Å². The molecule has 0 atom stereocenters. The summed E-state index contributed by atoms with van der Waals surface area (Å²) in [5, 5.41) is 3.38. The number of carbonyl (C=O) groups is 2. The number of nitrogens with zero attached hydrogens (tertiary/aromatic N) is 1. The Kier molecular flexibility index (Phi) is 4.85. The Bertz CT molecular complexity index is 598. The molecule has 0 bridgehead atoms. The molecule has 126 valence electrons. The lowest BCUT2D eigenvalue weighted by atomic mass is 9.93. The van der Waals surface area contributed by atoms with Crippen LogP contribution in [0.3, 0.4) is 0 Å². The van der Waals surface area contributed by atoms with Crippen LogP contribution in [-0.4, -0.2) is 42.8 Å². The third-order valence-electron chi connectivity index (χ3n) is 5.09. The molecule has 1 N–H and O–H groups in total. The van der Waals surface area contributed by atoms with Gasteiger partial charge in [-0.3, -0.25) is 9.59 Å². The van der Waals surface area contributed by atoms with Crippen molar-refractivity contribution >= 4 is 11.7 Å². The standard InChI is InChI=1S/C18H26N2O3/c1-3-19-11-13-7-9-20(10-8-13)18(22)17-12(2)16-14(21)5-4-6-15(16)23-17/h13,19H,3-11H2,1-2H3. The van der Waals surface area contributed by atoms with Gasteiger partial charge in [-0.25, -0.2) is 0 Å². The third-order valence-corrected chi connectivity index (χ3v) is 5.09. The molecule has 5 nitrogen and oxygen atoms in total. The topological polar surface area (TPSA) is 62.6 Å². The van der Waals surface area contributed by atoms with Crippen LogP contribution in [-0.2, 0) is 6.42 Å². The average molecular weight is 318 g/mol. The molecule has 0 radical (unpaired) electrons. The molecule has 1 fully saturated rings. The van der Waals surface area contributed by atoms with Crippen molar-refractivity contribution in [2.45, 2.75) is 46.0 Å². The largest absolute Gasteiger partial charge is 0.455 e. The number of aryl methyl sites for hydroxylation is 1. The van der Waals surface area contributed by atoms with Crippen molar-refractivity contribution in [3.05, 3.63) is 22.6 Å². The maximum Gasteiger partial charge on any atom is 0.289 e. The van der Waals surface area contributed by atoms with Crippen LogP contribution in [0.15, 0.2) is 4.42 Å². The molecule has 0 spiro atoms. The second-order valence-electron chi connectivity index (χ2n) is 6.67.